The number of amides is 1. The minimum absolute atomic E-state index is 0.0974. The van der Waals surface area contributed by atoms with E-state index < -0.39 is 21.7 Å². The molecule has 0 bridgehead atoms. The predicted octanol–water partition coefficient (Wildman–Crippen LogP) is 4.51. The molecular weight excluding hydrogens is 282 g/mol. The molecule has 3 nitrogen and oxygen atoms in total. The Morgan fingerprint density at radius 1 is 1.05 bits per heavy atom. The lowest BCUT2D eigenvalue weighted by Crippen LogP contribution is -2.73. The Morgan fingerprint density at radius 3 is 1.85 bits per heavy atom. The molecular formula is C15H33NO2Si2. The van der Waals surface area contributed by atoms with Gasteiger partial charge in [0, 0.05) is 11.3 Å². The topological polar surface area (TPSA) is 29.5 Å². The maximum atomic E-state index is 12.7. The lowest BCUT2D eigenvalue weighted by molar-refractivity contribution is 0.0232. The molecule has 0 N–H and O–H groups in total. The van der Waals surface area contributed by atoms with Gasteiger partial charge in [0.25, 0.3) is 0 Å². The summed E-state index contributed by atoms with van der Waals surface area (Å²) in [6.45, 7) is 21.2. The maximum absolute atomic E-state index is 12.7. The van der Waals surface area contributed by atoms with Crippen LogP contribution in [-0.2, 0) is 4.74 Å². The smallest absolute Gasteiger partial charge is 0.410 e. The number of nitrogens with zero attached hydrogens (tertiary/aromatic N) is 1. The van der Waals surface area contributed by atoms with E-state index in [1.807, 2.05) is 20.8 Å². The second-order valence-corrected chi connectivity index (χ2v) is 20.3. The van der Waals surface area contributed by atoms with E-state index in [4.69, 9.17) is 4.74 Å². The van der Waals surface area contributed by atoms with Crippen LogP contribution in [0.4, 0.5) is 4.79 Å². The highest BCUT2D eigenvalue weighted by Crippen LogP contribution is 2.45. The first-order valence-corrected chi connectivity index (χ1v) is 14.7. The van der Waals surface area contributed by atoms with Crippen LogP contribution in [0, 0.1) is 0 Å². The second-order valence-electron chi connectivity index (χ2n) is 9.10. The molecule has 0 aromatic carbocycles. The normalized spacial score (nSPS) is 20.1. The summed E-state index contributed by atoms with van der Waals surface area (Å²) in [5.41, 5.74) is -0.412. The first-order chi connectivity index (χ1) is 8.72. The second kappa shape index (κ2) is 5.16. The Bertz CT molecular complexity index is 361. The van der Waals surface area contributed by atoms with Crippen LogP contribution in [0.3, 0.4) is 0 Å². The quantitative estimate of drug-likeness (QED) is 0.702. The molecule has 0 aliphatic carbocycles. The van der Waals surface area contributed by atoms with E-state index in [1.165, 1.54) is 0 Å². The highest BCUT2D eigenvalue weighted by molar-refractivity contribution is 6.99. The average molecular weight is 316 g/mol. The molecule has 118 valence electrons. The van der Waals surface area contributed by atoms with Crippen molar-refractivity contribution in [3.63, 3.8) is 0 Å². The molecule has 0 aromatic rings. The lowest BCUT2D eigenvalue weighted by Gasteiger charge is -2.54. The Labute approximate surface area is 127 Å². The first kappa shape index (κ1) is 17.8. The third kappa shape index (κ3) is 3.13. The van der Waals surface area contributed by atoms with Gasteiger partial charge in [-0.05, 0) is 33.6 Å². The summed E-state index contributed by atoms with van der Waals surface area (Å²) in [5, 5.41) is 0. The van der Waals surface area contributed by atoms with E-state index in [0.717, 1.165) is 19.4 Å². The first-order valence-electron chi connectivity index (χ1n) is 7.73. The van der Waals surface area contributed by atoms with Crippen LogP contribution in [0.5, 0.6) is 0 Å². The van der Waals surface area contributed by atoms with Crippen molar-refractivity contribution < 1.29 is 9.53 Å². The summed E-state index contributed by atoms with van der Waals surface area (Å²) in [5.74, 6) is 0. The third-order valence-corrected chi connectivity index (χ3v) is 15.0. The number of hydrogen-bond donors (Lipinski definition) is 0. The molecule has 0 unspecified atom stereocenters. The van der Waals surface area contributed by atoms with E-state index >= 15 is 0 Å². The molecule has 1 amide bonds. The SMILES string of the molecule is CC(C)(C)OC(=O)N1CCCC1([Si](C)(C)C)[Si](C)(C)C. The molecule has 0 saturated carbocycles. The fourth-order valence-corrected chi connectivity index (χ4v) is 16.9. The van der Waals surface area contributed by atoms with Gasteiger partial charge in [-0.1, -0.05) is 39.3 Å². The Hall–Kier alpha value is -0.296. The van der Waals surface area contributed by atoms with Crippen molar-refractivity contribution in [2.75, 3.05) is 6.54 Å². The van der Waals surface area contributed by atoms with Crippen LogP contribution in [0.1, 0.15) is 33.6 Å². The van der Waals surface area contributed by atoms with Gasteiger partial charge in [-0.2, -0.15) is 0 Å². The van der Waals surface area contributed by atoms with Crippen LogP contribution in [0.15, 0.2) is 0 Å². The standard InChI is InChI=1S/C15H33NO2Si2/c1-14(2,3)18-13(17)16-12-10-11-15(16,19(4,5)6)20(7,8)9/h10-12H2,1-9H3. The van der Waals surface area contributed by atoms with Crippen LogP contribution >= 0.6 is 0 Å². The van der Waals surface area contributed by atoms with E-state index in [9.17, 15) is 4.79 Å². The molecule has 20 heavy (non-hydrogen) atoms. The summed E-state index contributed by atoms with van der Waals surface area (Å²) in [6, 6.07) is 0. The number of hydrogen-bond acceptors (Lipinski definition) is 2. The highest BCUT2D eigenvalue weighted by atomic mass is 28.4. The van der Waals surface area contributed by atoms with Crippen molar-refractivity contribution in [2.45, 2.75) is 83.3 Å². The lowest BCUT2D eigenvalue weighted by atomic mass is 10.2. The summed E-state index contributed by atoms with van der Waals surface area (Å²) < 4.78 is 5.70. The van der Waals surface area contributed by atoms with Gasteiger partial charge < -0.3 is 9.64 Å². The largest absolute Gasteiger partial charge is 0.444 e. The number of carbonyl (C=O) groups excluding carboxylic acids is 1. The fourth-order valence-electron chi connectivity index (χ4n) is 4.07. The zero-order valence-electron chi connectivity index (χ0n) is 14.9. The summed E-state index contributed by atoms with van der Waals surface area (Å²) in [7, 11) is -3.05. The monoisotopic (exact) mass is 315 g/mol. The van der Waals surface area contributed by atoms with Gasteiger partial charge in [0.2, 0.25) is 0 Å². The molecule has 5 heteroatoms. The average Bonchev–Trinajstić information content (AvgIpc) is 2.56. The molecule has 1 rings (SSSR count). The molecule has 0 aromatic heterocycles. The Kier molecular flexibility index (Phi) is 4.58. The van der Waals surface area contributed by atoms with Crippen LogP contribution in [0.2, 0.25) is 39.3 Å². The summed E-state index contributed by atoms with van der Waals surface area (Å²) in [4.78, 5) is 15.0. The van der Waals surface area contributed by atoms with Crippen molar-refractivity contribution >= 4 is 22.2 Å². The Balaban J connectivity index is 3.21. The zero-order chi connectivity index (χ0) is 16.0. The van der Waals surface area contributed by atoms with E-state index in [-0.39, 0.29) is 10.9 Å². The minimum atomic E-state index is -1.52. The van der Waals surface area contributed by atoms with Gasteiger partial charge in [-0.3, -0.25) is 0 Å². The predicted molar refractivity (Wildman–Crippen MR) is 91.6 cm³/mol. The Morgan fingerprint density at radius 2 is 1.50 bits per heavy atom. The molecule has 1 saturated heterocycles. The highest BCUT2D eigenvalue weighted by Gasteiger charge is 2.60. The van der Waals surface area contributed by atoms with E-state index in [0.29, 0.717) is 0 Å². The molecule has 1 fully saturated rings. The van der Waals surface area contributed by atoms with E-state index in [2.05, 4.69) is 44.2 Å². The molecule has 1 heterocycles. The summed E-state index contributed by atoms with van der Waals surface area (Å²) in [6.07, 6.45) is 2.19. The van der Waals surface area contributed by atoms with Gasteiger partial charge >= 0.3 is 6.09 Å². The van der Waals surface area contributed by atoms with Crippen molar-refractivity contribution in [2.24, 2.45) is 0 Å². The van der Waals surface area contributed by atoms with Gasteiger partial charge in [0.1, 0.15) is 5.60 Å². The maximum Gasteiger partial charge on any atom is 0.410 e. The molecule has 1 aliphatic heterocycles. The van der Waals surface area contributed by atoms with Gasteiger partial charge in [-0.15, -0.1) is 0 Å². The van der Waals surface area contributed by atoms with Crippen molar-refractivity contribution in [1.82, 2.24) is 4.90 Å². The van der Waals surface area contributed by atoms with Gasteiger partial charge in [-0.25, -0.2) is 4.79 Å². The minimum Gasteiger partial charge on any atom is -0.444 e. The number of carbonyl (C=O) groups is 1. The van der Waals surface area contributed by atoms with Crippen molar-refractivity contribution in [3.8, 4) is 0 Å². The number of ether oxygens (including phenoxy) is 1. The molecule has 0 atom stereocenters. The summed E-state index contributed by atoms with van der Waals surface area (Å²) >= 11 is 0. The fraction of sp³-hybridized carbons (Fsp3) is 0.933. The van der Waals surface area contributed by atoms with Gasteiger partial charge in [0.05, 0.1) is 16.1 Å². The molecule has 1 aliphatic rings. The zero-order valence-corrected chi connectivity index (χ0v) is 16.9. The van der Waals surface area contributed by atoms with Gasteiger partial charge in [0.15, 0.2) is 0 Å². The number of likely N-dealkylation sites (tertiary alicyclic amines) is 1. The van der Waals surface area contributed by atoms with Crippen LogP contribution < -0.4 is 0 Å². The van der Waals surface area contributed by atoms with Crippen molar-refractivity contribution in [1.29, 1.82) is 0 Å². The third-order valence-electron chi connectivity index (χ3n) is 4.48. The van der Waals surface area contributed by atoms with E-state index in [1.54, 1.807) is 0 Å². The van der Waals surface area contributed by atoms with Crippen molar-refractivity contribution in [3.05, 3.63) is 0 Å². The number of rotatable bonds is 2. The molecule has 0 radical (unpaired) electrons. The van der Waals surface area contributed by atoms with Crippen LogP contribution in [0.25, 0.3) is 0 Å². The molecule has 0 spiro atoms. The van der Waals surface area contributed by atoms with Crippen LogP contribution in [-0.4, -0.2) is 44.1 Å².